The zero-order chi connectivity index (χ0) is 15.1. The molecule has 0 aromatic heterocycles. The van der Waals surface area contributed by atoms with Crippen molar-refractivity contribution in [3.05, 3.63) is 35.4 Å². The van der Waals surface area contributed by atoms with Gasteiger partial charge in [0.05, 0.1) is 6.10 Å². The number of carbonyl (C=O) groups is 2. The lowest BCUT2D eigenvalue weighted by molar-refractivity contribution is 0.0827. The van der Waals surface area contributed by atoms with E-state index in [0.29, 0.717) is 17.5 Å². The van der Waals surface area contributed by atoms with Crippen LogP contribution in [0.1, 0.15) is 40.5 Å². The molecule has 0 aliphatic carbocycles. The van der Waals surface area contributed by atoms with E-state index in [1.54, 1.807) is 38.4 Å². The van der Waals surface area contributed by atoms with Gasteiger partial charge in [-0.05, 0) is 24.6 Å². The second kappa shape index (κ2) is 7.65. The highest BCUT2D eigenvalue weighted by Crippen LogP contribution is 2.07. The van der Waals surface area contributed by atoms with Crippen molar-refractivity contribution in [3.8, 4) is 0 Å². The SMILES string of the molecule is CCCC(O)CNC(=O)c1cccc(C(=O)N(C)C)c1. The number of aliphatic hydroxyl groups is 1. The normalized spacial score (nSPS) is 11.8. The van der Waals surface area contributed by atoms with Crippen LogP contribution in [0, 0.1) is 0 Å². The smallest absolute Gasteiger partial charge is 0.253 e. The average molecular weight is 278 g/mol. The molecule has 0 aliphatic rings. The lowest BCUT2D eigenvalue weighted by Crippen LogP contribution is -2.32. The van der Waals surface area contributed by atoms with E-state index < -0.39 is 6.10 Å². The van der Waals surface area contributed by atoms with E-state index in [9.17, 15) is 14.7 Å². The van der Waals surface area contributed by atoms with Crippen molar-refractivity contribution in [3.63, 3.8) is 0 Å². The van der Waals surface area contributed by atoms with Gasteiger partial charge in [-0.25, -0.2) is 0 Å². The van der Waals surface area contributed by atoms with Gasteiger partial charge in [-0.3, -0.25) is 9.59 Å². The molecule has 0 bridgehead atoms. The molecule has 0 heterocycles. The second-order valence-electron chi connectivity index (χ2n) is 4.93. The molecule has 1 aromatic rings. The number of amides is 2. The number of hydrogen-bond donors (Lipinski definition) is 2. The molecule has 1 unspecified atom stereocenters. The Hall–Kier alpha value is -1.88. The fourth-order valence-electron chi connectivity index (χ4n) is 1.80. The molecule has 2 N–H and O–H groups in total. The molecule has 0 saturated heterocycles. The van der Waals surface area contributed by atoms with Crippen LogP contribution in [0.25, 0.3) is 0 Å². The Bertz CT molecular complexity index is 472. The van der Waals surface area contributed by atoms with Gasteiger partial charge in [-0.2, -0.15) is 0 Å². The summed E-state index contributed by atoms with van der Waals surface area (Å²) in [6, 6.07) is 6.55. The lowest BCUT2D eigenvalue weighted by Gasteiger charge is -2.12. The van der Waals surface area contributed by atoms with Gasteiger partial charge < -0.3 is 15.3 Å². The number of rotatable bonds is 6. The van der Waals surface area contributed by atoms with Crippen LogP contribution in [0.5, 0.6) is 0 Å². The average Bonchev–Trinajstić information content (AvgIpc) is 2.44. The van der Waals surface area contributed by atoms with Crippen molar-refractivity contribution in [1.82, 2.24) is 10.2 Å². The minimum Gasteiger partial charge on any atom is -0.391 e. The Labute approximate surface area is 119 Å². The van der Waals surface area contributed by atoms with Gasteiger partial charge in [0.1, 0.15) is 0 Å². The number of aliphatic hydroxyl groups excluding tert-OH is 1. The van der Waals surface area contributed by atoms with Crippen molar-refractivity contribution >= 4 is 11.8 Å². The Balaban J connectivity index is 2.69. The fourth-order valence-corrected chi connectivity index (χ4v) is 1.80. The van der Waals surface area contributed by atoms with Gasteiger partial charge in [0.25, 0.3) is 11.8 Å². The molecule has 5 heteroatoms. The first-order chi connectivity index (χ1) is 9.45. The fraction of sp³-hybridized carbons (Fsp3) is 0.467. The first kappa shape index (κ1) is 16.2. The van der Waals surface area contributed by atoms with E-state index >= 15 is 0 Å². The molecule has 0 aliphatic heterocycles. The Morgan fingerprint density at radius 3 is 2.55 bits per heavy atom. The molecule has 0 saturated carbocycles. The van der Waals surface area contributed by atoms with Crippen molar-refractivity contribution in [2.75, 3.05) is 20.6 Å². The number of nitrogens with one attached hydrogen (secondary N) is 1. The zero-order valence-corrected chi connectivity index (χ0v) is 12.2. The van der Waals surface area contributed by atoms with E-state index in [1.165, 1.54) is 4.90 Å². The standard InChI is InChI=1S/C15H22N2O3/c1-4-6-13(18)10-16-14(19)11-7-5-8-12(9-11)15(20)17(2)3/h5,7-9,13,18H,4,6,10H2,1-3H3,(H,16,19). The van der Waals surface area contributed by atoms with E-state index in [4.69, 9.17) is 0 Å². The summed E-state index contributed by atoms with van der Waals surface area (Å²) in [6.07, 6.45) is 0.985. The zero-order valence-electron chi connectivity index (χ0n) is 12.2. The number of nitrogens with zero attached hydrogens (tertiary/aromatic N) is 1. The van der Waals surface area contributed by atoms with Gasteiger partial charge >= 0.3 is 0 Å². The molecule has 1 aromatic carbocycles. The summed E-state index contributed by atoms with van der Waals surface area (Å²) in [5, 5.41) is 12.3. The van der Waals surface area contributed by atoms with Crippen molar-refractivity contribution in [2.24, 2.45) is 0 Å². The minimum atomic E-state index is -0.532. The Morgan fingerprint density at radius 2 is 1.95 bits per heavy atom. The van der Waals surface area contributed by atoms with Crippen molar-refractivity contribution < 1.29 is 14.7 Å². The molecule has 1 rings (SSSR count). The maximum atomic E-state index is 12.0. The third kappa shape index (κ3) is 4.66. The summed E-state index contributed by atoms with van der Waals surface area (Å²) < 4.78 is 0. The van der Waals surface area contributed by atoms with E-state index in [-0.39, 0.29) is 18.4 Å². The highest BCUT2D eigenvalue weighted by atomic mass is 16.3. The predicted molar refractivity (Wildman–Crippen MR) is 77.7 cm³/mol. The summed E-state index contributed by atoms with van der Waals surface area (Å²) in [4.78, 5) is 25.2. The van der Waals surface area contributed by atoms with Gasteiger partial charge in [0.15, 0.2) is 0 Å². The van der Waals surface area contributed by atoms with Crippen LogP contribution in [0.15, 0.2) is 24.3 Å². The molecule has 0 radical (unpaired) electrons. The van der Waals surface area contributed by atoms with Crippen molar-refractivity contribution in [1.29, 1.82) is 0 Å². The molecule has 0 spiro atoms. The molecular formula is C15H22N2O3. The topological polar surface area (TPSA) is 69.6 Å². The van der Waals surface area contributed by atoms with Gasteiger partial charge in [0, 0.05) is 31.8 Å². The largest absolute Gasteiger partial charge is 0.391 e. The molecular weight excluding hydrogens is 256 g/mol. The summed E-state index contributed by atoms with van der Waals surface area (Å²) in [5.41, 5.74) is 0.887. The maximum absolute atomic E-state index is 12.0. The molecule has 5 nitrogen and oxygen atoms in total. The summed E-state index contributed by atoms with van der Waals surface area (Å²) >= 11 is 0. The monoisotopic (exact) mass is 278 g/mol. The number of hydrogen-bond acceptors (Lipinski definition) is 3. The van der Waals surface area contributed by atoms with Crippen LogP contribution in [0.3, 0.4) is 0 Å². The maximum Gasteiger partial charge on any atom is 0.253 e. The predicted octanol–water partition coefficient (Wildman–Crippen LogP) is 1.28. The quantitative estimate of drug-likeness (QED) is 0.823. The first-order valence-corrected chi connectivity index (χ1v) is 6.73. The summed E-state index contributed by atoms with van der Waals surface area (Å²) in [5.74, 6) is -0.431. The van der Waals surface area contributed by atoms with Crippen molar-refractivity contribution in [2.45, 2.75) is 25.9 Å². The van der Waals surface area contributed by atoms with Crippen LogP contribution < -0.4 is 5.32 Å². The third-order valence-electron chi connectivity index (χ3n) is 2.90. The first-order valence-electron chi connectivity index (χ1n) is 6.73. The molecule has 1 atom stereocenters. The van der Waals surface area contributed by atoms with Gasteiger partial charge in [-0.15, -0.1) is 0 Å². The summed E-state index contributed by atoms with van der Waals surface area (Å²) in [7, 11) is 3.33. The Kier molecular flexibility index (Phi) is 6.18. The number of carbonyl (C=O) groups excluding carboxylic acids is 2. The number of benzene rings is 1. The van der Waals surface area contributed by atoms with Crippen LogP contribution in [-0.4, -0.2) is 48.6 Å². The van der Waals surface area contributed by atoms with Crippen LogP contribution >= 0.6 is 0 Å². The van der Waals surface area contributed by atoms with Gasteiger partial charge in [0.2, 0.25) is 0 Å². The molecule has 0 fully saturated rings. The lowest BCUT2D eigenvalue weighted by atomic mass is 10.1. The van der Waals surface area contributed by atoms with Gasteiger partial charge in [-0.1, -0.05) is 19.4 Å². The molecule has 110 valence electrons. The highest BCUT2D eigenvalue weighted by molar-refractivity contribution is 5.99. The molecule has 2 amide bonds. The van der Waals surface area contributed by atoms with E-state index in [2.05, 4.69) is 5.32 Å². The highest BCUT2D eigenvalue weighted by Gasteiger charge is 2.12. The van der Waals surface area contributed by atoms with Crippen LogP contribution in [0.2, 0.25) is 0 Å². The Morgan fingerprint density at radius 1 is 1.30 bits per heavy atom. The minimum absolute atomic E-state index is 0.148. The third-order valence-corrected chi connectivity index (χ3v) is 2.90. The molecule has 20 heavy (non-hydrogen) atoms. The van der Waals surface area contributed by atoms with Crippen LogP contribution in [-0.2, 0) is 0 Å². The van der Waals surface area contributed by atoms with Crippen LogP contribution in [0.4, 0.5) is 0 Å². The van der Waals surface area contributed by atoms with E-state index in [1.807, 2.05) is 6.92 Å². The van der Waals surface area contributed by atoms with E-state index in [0.717, 1.165) is 6.42 Å². The summed E-state index contributed by atoms with van der Waals surface area (Å²) in [6.45, 7) is 2.19. The second-order valence-corrected chi connectivity index (χ2v) is 4.93.